The molecule has 0 heterocycles. The van der Waals surface area contributed by atoms with Gasteiger partial charge in [-0.25, -0.2) is 4.79 Å². The molecule has 0 aliphatic carbocycles. The van der Waals surface area contributed by atoms with E-state index in [1.165, 1.54) is 11.8 Å². The summed E-state index contributed by atoms with van der Waals surface area (Å²) >= 11 is 0. The van der Waals surface area contributed by atoms with Crippen LogP contribution in [0.3, 0.4) is 0 Å². The van der Waals surface area contributed by atoms with Crippen molar-refractivity contribution in [3.05, 3.63) is 156 Å². The average molecular weight is 1270 g/mol. The molecule has 0 saturated carbocycles. The third-order valence-corrected chi connectivity index (χ3v) is 20.6. The predicted molar refractivity (Wildman–Crippen MR) is 370 cm³/mol. The summed E-state index contributed by atoms with van der Waals surface area (Å²) in [5.41, 5.74) is 2.58. The molecule has 17 nitrogen and oxygen atoms in total. The van der Waals surface area contributed by atoms with Crippen molar-refractivity contribution < 1.29 is 42.7 Å². The zero-order valence-electron chi connectivity index (χ0n) is 56.5. The summed E-state index contributed by atoms with van der Waals surface area (Å²) in [6.45, 7) is 29.7. The molecular formula is C74H98N8O9Si. The number of amides is 7. The smallest absolute Gasteiger partial charge is 0.408 e. The van der Waals surface area contributed by atoms with Crippen molar-refractivity contribution in [2.75, 3.05) is 43.0 Å². The molecular weight excluding hydrogens is 1170 g/mol. The summed E-state index contributed by atoms with van der Waals surface area (Å²) in [7, 11) is -3.31. The predicted octanol–water partition coefficient (Wildman–Crippen LogP) is 9.17. The first-order valence-corrected chi connectivity index (χ1v) is 33.9. The Hall–Kier alpha value is -8.55. The van der Waals surface area contributed by atoms with Gasteiger partial charge in [0.05, 0.1) is 13.2 Å². The number of ether oxygens (including phenoxy) is 1. The van der Waals surface area contributed by atoms with Crippen molar-refractivity contribution in [3.63, 3.8) is 0 Å². The van der Waals surface area contributed by atoms with Gasteiger partial charge in [-0.15, -0.1) is 0 Å². The molecule has 18 heteroatoms. The van der Waals surface area contributed by atoms with Crippen LogP contribution in [0, 0.1) is 29.6 Å². The average Bonchev–Trinajstić information content (AvgIpc) is 0.750. The van der Waals surface area contributed by atoms with Gasteiger partial charge in [0.2, 0.25) is 35.9 Å². The first-order chi connectivity index (χ1) is 43.6. The second-order valence-corrected chi connectivity index (χ2v) is 30.8. The van der Waals surface area contributed by atoms with Gasteiger partial charge in [-0.3, -0.25) is 28.8 Å². The van der Waals surface area contributed by atoms with Gasteiger partial charge in [0.1, 0.15) is 35.8 Å². The minimum atomic E-state index is -3.31. The normalized spacial score (nSPS) is 13.3. The highest BCUT2D eigenvalue weighted by Crippen LogP contribution is 2.37. The van der Waals surface area contributed by atoms with Crippen LogP contribution in [0.4, 0.5) is 16.2 Å². The molecule has 0 radical (unpaired) electrons. The van der Waals surface area contributed by atoms with Crippen LogP contribution in [0.2, 0.25) is 5.04 Å². The minimum absolute atomic E-state index is 0.0468. The molecule has 0 bridgehead atoms. The molecule has 0 fully saturated rings. The van der Waals surface area contributed by atoms with Crippen molar-refractivity contribution in [2.24, 2.45) is 5.92 Å². The molecule has 92 heavy (non-hydrogen) atoms. The molecule has 5 atom stereocenters. The lowest BCUT2D eigenvalue weighted by Crippen LogP contribution is -2.68. The second-order valence-electron chi connectivity index (χ2n) is 26.5. The SMILES string of the molecule is CCN(CC)CCCC[C@H](NC(=O)[C@H](CC(C)C)NC(=O)[C@H](C)NC(=O)[C@H](Cc1ccccc1)N(C=O)c1ccc(C(C)(C)C)cc1)C(=O)N[C@@H](CO[Si](c1ccccc1)(c1ccccc1)C(C)(C)C)C(=O)Nc1ccc(C#CC#CCNC(=O)OC(C)(C)C)cc1. The fraction of sp³-hybridized carbons (Fsp3) is 0.446. The molecule has 0 spiro atoms. The third kappa shape index (κ3) is 23.0. The highest BCUT2D eigenvalue weighted by atomic mass is 28.4. The number of anilines is 2. The first-order valence-electron chi connectivity index (χ1n) is 32.0. The van der Waals surface area contributed by atoms with Gasteiger partial charge >= 0.3 is 6.09 Å². The maximum atomic E-state index is 15.2. The van der Waals surface area contributed by atoms with Crippen LogP contribution < -0.4 is 47.2 Å². The molecule has 0 aromatic heterocycles. The highest BCUT2D eigenvalue weighted by molar-refractivity contribution is 6.99. The van der Waals surface area contributed by atoms with E-state index < -0.39 is 84.8 Å². The summed E-state index contributed by atoms with van der Waals surface area (Å²) in [6, 6.07) is 37.6. The van der Waals surface area contributed by atoms with E-state index >= 15 is 4.79 Å². The van der Waals surface area contributed by atoms with Gasteiger partial charge in [-0.1, -0.05) is 184 Å². The van der Waals surface area contributed by atoms with E-state index in [9.17, 15) is 28.8 Å². The molecule has 5 aromatic rings. The summed E-state index contributed by atoms with van der Waals surface area (Å²) in [5.74, 6) is 8.07. The van der Waals surface area contributed by atoms with Crippen LogP contribution in [0.15, 0.2) is 140 Å². The highest BCUT2D eigenvalue weighted by Gasteiger charge is 2.51. The Morgan fingerprint density at radius 1 is 0.609 bits per heavy atom. The molecule has 0 saturated heterocycles. The van der Waals surface area contributed by atoms with E-state index in [-0.39, 0.29) is 43.7 Å². The first kappa shape index (κ1) is 74.2. The van der Waals surface area contributed by atoms with Crippen LogP contribution in [0.1, 0.15) is 139 Å². The summed E-state index contributed by atoms with van der Waals surface area (Å²) < 4.78 is 12.6. The quantitative estimate of drug-likeness (QED) is 0.0111. The Kier molecular flexibility index (Phi) is 28.5. The number of carbonyl (C=O) groups is 7. The van der Waals surface area contributed by atoms with E-state index in [0.29, 0.717) is 36.2 Å². The van der Waals surface area contributed by atoms with Crippen LogP contribution in [0.25, 0.3) is 0 Å². The number of rotatable bonds is 30. The summed E-state index contributed by atoms with van der Waals surface area (Å²) in [4.78, 5) is 102. The molecule has 7 amide bonds. The van der Waals surface area contributed by atoms with Gasteiger partial charge in [0.15, 0.2) is 0 Å². The summed E-state index contributed by atoms with van der Waals surface area (Å²) in [5, 5.41) is 18.7. The van der Waals surface area contributed by atoms with Gasteiger partial charge in [-0.05, 0) is 159 Å². The molecule has 492 valence electrons. The fourth-order valence-corrected chi connectivity index (χ4v) is 15.2. The van der Waals surface area contributed by atoms with Crippen LogP contribution >= 0.6 is 0 Å². The summed E-state index contributed by atoms with van der Waals surface area (Å²) in [6.07, 6.45) is 1.79. The standard InChI is InChI=1S/C74H98N8O9Si/c1-15-81(16-2)48-30-28-38-62(78-68(86)63(49-53(3)4)79-66(84)54(5)76-70(88)65(50-56-32-21-17-22-33-56)82(52-83)59-45-41-57(42-46-59)72(6,7)8)67(85)80-64(51-90-92(74(12,13)14,60-34-24-18-25-35-60)61-36-26-19-27-37-61)69(87)77-58-43-39-55(40-44-58)31-23-20-29-47-75-71(89)91-73(9,10)11/h17-19,21-22,24-27,32-37,39-46,52-54,62-65H,15-16,28,30,38,47-51H2,1-14H3,(H,75,89)(H,76,88)(H,77,87)(H,78,86)(H,79,84)(H,80,85)/t54-,62-,63-,64-,65-/m0/s1. The van der Waals surface area contributed by atoms with Gasteiger partial charge in [0, 0.05) is 23.4 Å². The maximum Gasteiger partial charge on any atom is 0.408 e. The number of alkyl carbamates (subject to hydrolysis) is 1. The van der Waals surface area contributed by atoms with Crippen molar-refractivity contribution in [1.82, 2.24) is 31.5 Å². The molecule has 0 aliphatic rings. The van der Waals surface area contributed by atoms with Crippen molar-refractivity contribution >= 4 is 72.1 Å². The zero-order valence-corrected chi connectivity index (χ0v) is 57.5. The van der Waals surface area contributed by atoms with Crippen molar-refractivity contribution in [3.8, 4) is 23.7 Å². The van der Waals surface area contributed by atoms with Crippen molar-refractivity contribution in [1.29, 1.82) is 0 Å². The second kappa shape index (κ2) is 35.3. The van der Waals surface area contributed by atoms with E-state index in [2.05, 4.69) is 116 Å². The lowest BCUT2D eigenvalue weighted by Gasteiger charge is -2.43. The number of nitrogens with zero attached hydrogens (tertiary/aromatic N) is 2. The topological polar surface area (TPSA) is 217 Å². The van der Waals surface area contributed by atoms with Crippen LogP contribution in [0.5, 0.6) is 0 Å². The van der Waals surface area contributed by atoms with E-state index in [1.807, 2.05) is 117 Å². The van der Waals surface area contributed by atoms with E-state index in [0.717, 1.165) is 41.1 Å². The van der Waals surface area contributed by atoms with Crippen molar-refractivity contribution in [2.45, 2.75) is 175 Å². The Bertz CT molecular complexity index is 3280. The minimum Gasteiger partial charge on any atom is -0.444 e. The zero-order chi connectivity index (χ0) is 67.7. The molecule has 6 N–H and O–H groups in total. The van der Waals surface area contributed by atoms with Gasteiger partial charge < -0.3 is 50.9 Å². The Morgan fingerprint density at radius 3 is 1.70 bits per heavy atom. The Morgan fingerprint density at radius 2 is 1.16 bits per heavy atom. The number of hydrogen-bond donors (Lipinski definition) is 6. The molecule has 0 aliphatic heterocycles. The van der Waals surface area contributed by atoms with Crippen LogP contribution in [-0.4, -0.2) is 124 Å². The monoisotopic (exact) mass is 1270 g/mol. The number of hydrogen-bond acceptors (Lipinski definition) is 10. The lowest BCUT2D eigenvalue weighted by molar-refractivity contribution is -0.134. The Labute approximate surface area is 547 Å². The largest absolute Gasteiger partial charge is 0.444 e. The van der Waals surface area contributed by atoms with E-state index in [1.54, 1.807) is 57.2 Å². The lowest BCUT2D eigenvalue weighted by atomic mass is 9.87. The molecule has 5 rings (SSSR count). The molecule has 0 unspecified atom stereocenters. The van der Waals surface area contributed by atoms with Gasteiger partial charge in [-0.2, -0.15) is 0 Å². The number of nitrogens with one attached hydrogen (secondary N) is 6. The van der Waals surface area contributed by atoms with E-state index in [4.69, 9.17) is 9.16 Å². The molecule has 5 aromatic carbocycles. The number of benzene rings is 5. The third-order valence-electron chi connectivity index (χ3n) is 15.6. The number of unbranched alkanes of at least 4 members (excludes halogenated alkanes) is 1. The fourth-order valence-electron chi connectivity index (χ4n) is 10.7. The Balaban J connectivity index is 1.45. The maximum absolute atomic E-state index is 15.2. The van der Waals surface area contributed by atoms with Crippen LogP contribution in [-0.2, 0) is 49.8 Å². The number of carbonyl (C=O) groups excluding carboxylic acids is 7. The van der Waals surface area contributed by atoms with Gasteiger partial charge in [0.25, 0.3) is 8.32 Å².